The highest BCUT2D eigenvalue weighted by molar-refractivity contribution is 6.70. The summed E-state index contributed by atoms with van der Waals surface area (Å²) in [5.41, 5.74) is 1.60. The van der Waals surface area contributed by atoms with E-state index in [2.05, 4.69) is 13.8 Å². The van der Waals surface area contributed by atoms with E-state index in [9.17, 15) is 0 Å². The second kappa shape index (κ2) is 5.86. The fourth-order valence-corrected chi connectivity index (χ4v) is 10.6. The Kier molecular flexibility index (Phi) is 4.35. The quantitative estimate of drug-likeness (QED) is 0.661. The molecule has 2 nitrogen and oxygen atoms in total. The van der Waals surface area contributed by atoms with E-state index in [-0.39, 0.29) is 0 Å². The third-order valence-corrected chi connectivity index (χ3v) is 10.9. The van der Waals surface area contributed by atoms with Gasteiger partial charge in [-0.15, -0.1) is 0 Å². The summed E-state index contributed by atoms with van der Waals surface area (Å²) in [7, 11) is -1.98. The molecule has 0 aliphatic heterocycles. The predicted octanol–water partition coefficient (Wildman–Crippen LogP) is 4.64. The Morgan fingerprint density at radius 3 is 2.05 bits per heavy atom. The minimum Gasteiger partial charge on any atom is -0.394 e. The first kappa shape index (κ1) is 14.1. The molecule has 0 heterocycles. The van der Waals surface area contributed by atoms with Crippen LogP contribution in [0.2, 0.25) is 11.1 Å². The van der Waals surface area contributed by atoms with E-state index in [0.29, 0.717) is 0 Å². The van der Waals surface area contributed by atoms with Crippen LogP contribution in [0, 0.1) is 11.8 Å². The summed E-state index contributed by atoms with van der Waals surface area (Å²) in [6.07, 6.45) is 11.4. The van der Waals surface area contributed by atoms with Gasteiger partial charge in [-0.2, -0.15) is 0 Å². The lowest BCUT2D eigenvalue weighted by atomic mass is 10.0. The van der Waals surface area contributed by atoms with E-state index in [1.807, 2.05) is 0 Å². The van der Waals surface area contributed by atoms with Crippen LogP contribution in [0.1, 0.15) is 65.2 Å². The first-order chi connectivity index (χ1) is 9.30. The van der Waals surface area contributed by atoms with Crippen molar-refractivity contribution in [2.75, 3.05) is 13.2 Å². The van der Waals surface area contributed by atoms with Crippen molar-refractivity contribution < 1.29 is 8.85 Å². The van der Waals surface area contributed by atoms with Crippen LogP contribution in [0.25, 0.3) is 0 Å². The van der Waals surface area contributed by atoms with E-state index in [4.69, 9.17) is 8.85 Å². The largest absolute Gasteiger partial charge is 0.394 e. The van der Waals surface area contributed by atoms with Crippen LogP contribution < -0.4 is 0 Å². The lowest BCUT2D eigenvalue weighted by Crippen LogP contribution is -2.52. The Balaban J connectivity index is 1.84. The summed E-state index contributed by atoms with van der Waals surface area (Å²) in [6.45, 7) is 6.05. The monoisotopic (exact) mass is 282 g/mol. The molecule has 3 rings (SSSR count). The highest BCUT2D eigenvalue weighted by atomic mass is 28.4. The van der Waals surface area contributed by atoms with Crippen LogP contribution in [0.3, 0.4) is 0 Å². The summed E-state index contributed by atoms with van der Waals surface area (Å²) in [5.74, 6) is 1.94. The van der Waals surface area contributed by atoms with Crippen LogP contribution in [0.15, 0.2) is 0 Å². The maximum absolute atomic E-state index is 6.51. The highest BCUT2D eigenvalue weighted by Gasteiger charge is 2.59. The minimum atomic E-state index is -1.98. The summed E-state index contributed by atoms with van der Waals surface area (Å²) in [5, 5.41) is 0. The minimum absolute atomic E-state index is 0.789. The normalized spacial score (nSPS) is 35.4. The molecule has 110 valence electrons. The number of hydrogen-bond donors (Lipinski definition) is 0. The third-order valence-electron chi connectivity index (χ3n) is 5.92. The lowest BCUT2D eigenvalue weighted by Gasteiger charge is -2.43. The second-order valence-electron chi connectivity index (χ2n) is 6.85. The van der Waals surface area contributed by atoms with Gasteiger partial charge in [-0.1, -0.05) is 25.7 Å². The Hall–Kier alpha value is 0.137. The second-order valence-corrected chi connectivity index (χ2v) is 10.4. The van der Waals surface area contributed by atoms with Crippen molar-refractivity contribution in [2.45, 2.75) is 76.3 Å². The van der Waals surface area contributed by atoms with Crippen molar-refractivity contribution in [3.05, 3.63) is 0 Å². The molecular formula is C16H30O2Si. The molecule has 0 radical (unpaired) electrons. The lowest BCUT2D eigenvalue weighted by molar-refractivity contribution is 0.150. The fourth-order valence-electron chi connectivity index (χ4n) is 5.31. The van der Waals surface area contributed by atoms with Gasteiger partial charge in [0.05, 0.1) is 0 Å². The van der Waals surface area contributed by atoms with Crippen molar-refractivity contribution >= 4 is 8.56 Å². The Morgan fingerprint density at radius 1 is 0.895 bits per heavy atom. The van der Waals surface area contributed by atoms with Crippen molar-refractivity contribution in [1.29, 1.82) is 0 Å². The van der Waals surface area contributed by atoms with Gasteiger partial charge in [-0.3, -0.25) is 0 Å². The van der Waals surface area contributed by atoms with Gasteiger partial charge >= 0.3 is 8.56 Å². The van der Waals surface area contributed by atoms with Crippen molar-refractivity contribution in [2.24, 2.45) is 11.8 Å². The van der Waals surface area contributed by atoms with Gasteiger partial charge in [0, 0.05) is 24.3 Å². The number of rotatable bonds is 6. The van der Waals surface area contributed by atoms with Crippen LogP contribution in [0.5, 0.6) is 0 Å². The van der Waals surface area contributed by atoms with E-state index >= 15 is 0 Å². The van der Waals surface area contributed by atoms with Gasteiger partial charge in [-0.05, 0) is 51.4 Å². The maximum atomic E-state index is 6.51. The zero-order valence-electron chi connectivity index (χ0n) is 12.7. The average Bonchev–Trinajstić information content (AvgIpc) is 3.15. The van der Waals surface area contributed by atoms with E-state index in [1.165, 1.54) is 51.4 Å². The smallest absolute Gasteiger partial charge is 0.344 e. The molecule has 3 fully saturated rings. The van der Waals surface area contributed by atoms with Gasteiger partial charge in [0.15, 0.2) is 0 Å². The SMILES string of the molecule is CCO[Si](OCC)(C1CCCC1)C1CC2CCC1C2. The molecule has 0 aromatic rings. The molecule has 19 heavy (non-hydrogen) atoms. The van der Waals surface area contributed by atoms with Crippen molar-refractivity contribution in [3.63, 3.8) is 0 Å². The van der Waals surface area contributed by atoms with Gasteiger partial charge in [0.2, 0.25) is 0 Å². The van der Waals surface area contributed by atoms with Gasteiger partial charge < -0.3 is 8.85 Å². The average molecular weight is 282 g/mol. The number of hydrogen-bond acceptors (Lipinski definition) is 2. The summed E-state index contributed by atoms with van der Waals surface area (Å²) < 4.78 is 13.0. The molecule has 3 aliphatic carbocycles. The Bertz CT molecular complexity index is 295. The van der Waals surface area contributed by atoms with Crippen LogP contribution >= 0.6 is 0 Å². The zero-order chi connectivity index (χ0) is 13.3. The highest BCUT2D eigenvalue weighted by Crippen LogP contribution is 2.60. The van der Waals surface area contributed by atoms with E-state index < -0.39 is 8.56 Å². The molecule has 2 bridgehead atoms. The van der Waals surface area contributed by atoms with Crippen LogP contribution in [-0.2, 0) is 8.85 Å². The molecule has 3 unspecified atom stereocenters. The molecule has 3 heteroatoms. The third kappa shape index (κ3) is 2.42. The zero-order valence-corrected chi connectivity index (χ0v) is 13.7. The van der Waals surface area contributed by atoms with E-state index in [0.717, 1.165) is 36.1 Å². The number of fused-ring (bicyclic) bond motifs is 2. The van der Waals surface area contributed by atoms with Crippen LogP contribution in [0.4, 0.5) is 0 Å². The van der Waals surface area contributed by atoms with Crippen molar-refractivity contribution in [3.8, 4) is 0 Å². The first-order valence-corrected chi connectivity index (χ1v) is 10.5. The fraction of sp³-hybridized carbons (Fsp3) is 1.00. The topological polar surface area (TPSA) is 18.5 Å². The predicted molar refractivity (Wildman–Crippen MR) is 80.4 cm³/mol. The summed E-state index contributed by atoms with van der Waals surface area (Å²) >= 11 is 0. The molecule has 3 aliphatic rings. The molecule has 0 amide bonds. The Morgan fingerprint density at radius 2 is 1.58 bits per heavy atom. The van der Waals surface area contributed by atoms with E-state index in [1.54, 1.807) is 0 Å². The van der Waals surface area contributed by atoms with Crippen LogP contribution in [-0.4, -0.2) is 21.8 Å². The van der Waals surface area contributed by atoms with Gasteiger partial charge in [-0.25, -0.2) is 0 Å². The summed E-state index contributed by atoms with van der Waals surface area (Å²) in [4.78, 5) is 0. The van der Waals surface area contributed by atoms with Gasteiger partial charge in [0.25, 0.3) is 0 Å². The Labute approximate surface area is 119 Å². The first-order valence-electron chi connectivity index (χ1n) is 8.58. The molecule has 0 spiro atoms. The van der Waals surface area contributed by atoms with Crippen molar-refractivity contribution in [1.82, 2.24) is 0 Å². The molecular weight excluding hydrogens is 252 g/mol. The molecule has 0 aromatic carbocycles. The molecule has 3 saturated carbocycles. The maximum Gasteiger partial charge on any atom is 0.344 e. The standard InChI is InChI=1S/C16H30O2Si/c1-3-17-19(18-4-2,15-7-5-6-8-15)16-12-13-9-10-14(16)11-13/h13-16H,3-12H2,1-2H3. The molecule has 0 N–H and O–H groups in total. The molecule has 3 atom stereocenters. The molecule has 0 aromatic heterocycles. The summed E-state index contributed by atoms with van der Waals surface area (Å²) in [6, 6.07) is 0. The molecule has 0 saturated heterocycles. The van der Waals surface area contributed by atoms with Gasteiger partial charge in [0.1, 0.15) is 0 Å².